The van der Waals surface area contributed by atoms with Crippen LogP contribution in [0.25, 0.3) is 9.69 Å². The monoisotopic (exact) mass is 832 g/mol. The number of nitrogens with one attached hydrogen (secondary N) is 3. The number of carbonyl (C=O) groups excluding carboxylic acids is 2. The largest absolute Gasteiger partial charge is 0.407 e. The summed E-state index contributed by atoms with van der Waals surface area (Å²) in [5, 5.41) is 16.5. The Morgan fingerprint density at radius 3 is 1.73 bits per heavy atom. The van der Waals surface area contributed by atoms with E-state index in [2.05, 4.69) is 41.1 Å². The first kappa shape index (κ1) is 44.9. The second-order valence-corrected chi connectivity index (χ2v) is 13.3. The molecule has 4 aromatic rings. The Bertz CT molecular complexity index is 2440. The van der Waals surface area contributed by atoms with E-state index in [0.717, 1.165) is 36.4 Å². The van der Waals surface area contributed by atoms with E-state index >= 15 is 0 Å². The van der Waals surface area contributed by atoms with Crippen molar-refractivity contribution in [3.05, 3.63) is 141 Å². The van der Waals surface area contributed by atoms with Crippen LogP contribution in [-0.2, 0) is 21.9 Å². The van der Waals surface area contributed by atoms with Crippen molar-refractivity contribution >= 4 is 40.3 Å². The van der Waals surface area contributed by atoms with E-state index in [9.17, 15) is 53.5 Å². The fraction of sp³-hybridized carbons (Fsp3) is 0.256. The molecule has 308 valence electrons. The fourth-order valence-electron chi connectivity index (χ4n) is 5.69. The van der Waals surface area contributed by atoms with Gasteiger partial charge in [0.25, 0.3) is 11.8 Å². The molecule has 59 heavy (non-hydrogen) atoms. The van der Waals surface area contributed by atoms with Gasteiger partial charge in [-0.3, -0.25) is 15.0 Å². The number of azo groups is 1. The Labute approximate surface area is 329 Å². The molecule has 4 aromatic carbocycles. The van der Waals surface area contributed by atoms with Crippen LogP contribution in [0.2, 0.25) is 0 Å². The molecule has 3 N–H and O–H groups in total. The molecule has 2 amide bonds. The van der Waals surface area contributed by atoms with Crippen molar-refractivity contribution in [2.45, 2.75) is 63.6 Å². The molecule has 0 radical (unpaired) electrons. The summed E-state index contributed by atoms with van der Waals surface area (Å²) < 4.78 is 132. The zero-order valence-electron chi connectivity index (χ0n) is 29.8. The van der Waals surface area contributed by atoms with Crippen molar-refractivity contribution in [3.8, 4) is 0 Å². The minimum atomic E-state index is -4.75. The maximum absolute atomic E-state index is 13.4. The standard InChI is InChI=1S/2C19H13F5N4O.CH4/c2*1-18(9-16(27-28-18)10-3-5-13(20)14(21)7-10)17(29)26-11-4-6-15(25-2)12(8-11)19(22,23)24;/h3-8,28H,9H2,1H3,(H,26,29);3-8,16H,9H2,1H3,(H,26,29);1H4. The summed E-state index contributed by atoms with van der Waals surface area (Å²) >= 11 is 0. The van der Waals surface area contributed by atoms with E-state index in [1.807, 2.05) is 0 Å². The van der Waals surface area contributed by atoms with Gasteiger partial charge in [0.2, 0.25) is 0 Å². The predicted molar refractivity (Wildman–Crippen MR) is 195 cm³/mol. The number of amides is 2. The van der Waals surface area contributed by atoms with Crippen LogP contribution in [0.5, 0.6) is 0 Å². The first-order chi connectivity index (χ1) is 27.1. The van der Waals surface area contributed by atoms with Crippen LogP contribution in [0.3, 0.4) is 0 Å². The van der Waals surface area contributed by atoms with E-state index in [1.165, 1.54) is 38.1 Å². The van der Waals surface area contributed by atoms with Crippen LogP contribution in [-0.4, -0.2) is 28.6 Å². The Morgan fingerprint density at radius 2 is 1.24 bits per heavy atom. The van der Waals surface area contributed by atoms with Gasteiger partial charge in [0.15, 0.2) is 40.2 Å². The molecular formula is C39H30F10N8O2. The summed E-state index contributed by atoms with van der Waals surface area (Å²) in [5.74, 6) is -5.56. The van der Waals surface area contributed by atoms with Gasteiger partial charge in [-0.05, 0) is 74.0 Å². The normalized spacial score (nSPS) is 19.5. The summed E-state index contributed by atoms with van der Waals surface area (Å²) in [6, 6.07) is 11.4. The molecule has 3 atom stereocenters. The molecule has 0 spiro atoms. The molecule has 0 saturated heterocycles. The second kappa shape index (κ2) is 16.9. The van der Waals surface area contributed by atoms with E-state index in [1.54, 1.807) is 0 Å². The van der Waals surface area contributed by atoms with Gasteiger partial charge in [-0.2, -0.15) is 41.7 Å². The highest BCUT2D eigenvalue weighted by molar-refractivity contribution is 6.09. The Hall–Kier alpha value is -6.83. The second-order valence-electron chi connectivity index (χ2n) is 13.3. The number of halogens is 10. The highest BCUT2D eigenvalue weighted by Crippen LogP contribution is 2.41. The van der Waals surface area contributed by atoms with Crippen LogP contribution < -0.4 is 16.1 Å². The quantitative estimate of drug-likeness (QED) is 0.133. The third kappa shape index (κ3) is 10.0. The first-order valence-corrected chi connectivity index (χ1v) is 16.5. The molecule has 0 aliphatic carbocycles. The number of anilines is 2. The van der Waals surface area contributed by atoms with Crippen molar-refractivity contribution in [2.24, 2.45) is 15.3 Å². The number of benzene rings is 4. The van der Waals surface area contributed by atoms with Gasteiger partial charge in [0.05, 0.1) is 36.0 Å². The van der Waals surface area contributed by atoms with Gasteiger partial charge < -0.3 is 10.6 Å². The molecule has 3 unspecified atom stereocenters. The zero-order valence-corrected chi connectivity index (χ0v) is 29.8. The van der Waals surface area contributed by atoms with E-state index in [-0.39, 0.29) is 37.2 Å². The lowest BCUT2D eigenvalue weighted by Crippen LogP contribution is -2.47. The van der Waals surface area contributed by atoms with Gasteiger partial charge in [-0.25, -0.2) is 27.3 Å². The minimum Gasteiger partial charge on any atom is -0.324 e. The summed E-state index contributed by atoms with van der Waals surface area (Å²) in [5.41, 5.74) is -3.03. The van der Waals surface area contributed by atoms with Gasteiger partial charge in [-0.1, -0.05) is 25.6 Å². The Balaban J connectivity index is 0.000000256. The lowest BCUT2D eigenvalue weighted by Gasteiger charge is -2.23. The van der Waals surface area contributed by atoms with Crippen molar-refractivity contribution in [1.82, 2.24) is 5.43 Å². The summed E-state index contributed by atoms with van der Waals surface area (Å²) in [6.45, 7) is 16.6. The molecule has 20 heteroatoms. The van der Waals surface area contributed by atoms with Crippen LogP contribution in [0.4, 0.5) is 66.7 Å². The van der Waals surface area contributed by atoms with Crippen molar-refractivity contribution < 1.29 is 53.5 Å². The van der Waals surface area contributed by atoms with Gasteiger partial charge in [0.1, 0.15) is 5.54 Å². The Kier molecular flexibility index (Phi) is 12.9. The van der Waals surface area contributed by atoms with E-state index in [0.29, 0.717) is 23.4 Å². The molecule has 10 nitrogen and oxygen atoms in total. The first-order valence-electron chi connectivity index (χ1n) is 16.5. The minimum absolute atomic E-state index is 0. The van der Waals surface area contributed by atoms with Crippen molar-refractivity contribution in [2.75, 3.05) is 10.6 Å². The van der Waals surface area contributed by atoms with Crippen molar-refractivity contribution in [3.63, 3.8) is 0 Å². The lowest BCUT2D eigenvalue weighted by molar-refractivity contribution is -0.137. The highest BCUT2D eigenvalue weighted by Gasteiger charge is 2.42. The molecule has 0 aromatic heterocycles. The average Bonchev–Trinajstić information content (AvgIpc) is 3.78. The number of carbonyl (C=O) groups is 2. The molecule has 0 saturated carbocycles. The highest BCUT2D eigenvalue weighted by atomic mass is 19.4. The van der Waals surface area contributed by atoms with Gasteiger partial charge >= 0.3 is 12.4 Å². The van der Waals surface area contributed by atoms with E-state index in [4.69, 9.17) is 13.1 Å². The number of hydrogen-bond donors (Lipinski definition) is 3. The molecule has 6 rings (SSSR count). The predicted octanol–water partition coefficient (Wildman–Crippen LogP) is 11.1. The van der Waals surface area contributed by atoms with Crippen molar-refractivity contribution in [1.29, 1.82) is 0 Å². The fourth-order valence-corrected chi connectivity index (χ4v) is 5.69. The number of hydrazone groups is 1. The number of hydrogen-bond acceptors (Lipinski definition) is 6. The third-order valence-electron chi connectivity index (χ3n) is 8.90. The maximum atomic E-state index is 13.4. The molecular weight excluding hydrogens is 802 g/mol. The summed E-state index contributed by atoms with van der Waals surface area (Å²) in [6.07, 6.45) is -9.49. The van der Waals surface area contributed by atoms with Gasteiger partial charge in [0, 0.05) is 29.8 Å². The lowest BCUT2D eigenvalue weighted by atomic mass is 9.91. The third-order valence-corrected chi connectivity index (χ3v) is 8.90. The molecule has 0 fully saturated rings. The molecule has 2 aliphatic rings. The molecule has 2 aliphatic heterocycles. The molecule has 2 heterocycles. The number of nitrogens with zero attached hydrogens (tertiary/aromatic N) is 5. The zero-order chi connectivity index (χ0) is 42.8. The molecule has 0 bridgehead atoms. The van der Waals surface area contributed by atoms with E-state index < -0.39 is 87.1 Å². The maximum Gasteiger partial charge on any atom is 0.407 e. The average molecular weight is 833 g/mol. The van der Waals surface area contributed by atoms with Crippen LogP contribution >= 0.6 is 0 Å². The SMILES string of the molecule is C.[C-]#[N+]c1ccc(NC(=O)C2(C)CC(c3ccc(F)c(F)c3)=NN2)cc1C(F)(F)F.[C-]#[N+]c1ccc(NC(=O)C2(C)CC(c3ccc(F)c(F)c3)N=N2)cc1C(F)(F)F. The van der Waals surface area contributed by atoms with Crippen LogP contribution in [0.1, 0.15) is 62.4 Å². The Morgan fingerprint density at radius 1 is 0.729 bits per heavy atom. The number of alkyl halides is 6. The van der Waals surface area contributed by atoms with Crippen LogP contribution in [0.15, 0.2) is 88.1 Å². The summed E-state index contributed by atoms with van der Waals surface area (Å²) in [4.78, 5) is 30.9. The smallest absolute Gasteiger partial charge is 0.324 e. The van der Waals surface area contributed by atoms with Gasteiger partial charge in [-0.15, -0.1) is 0 Å². The summed E-state index contributed by atoms with van der Waals surface area (Å²) in [7, 11) is 0. The number of rotatable bonds is 6. The topological polar surface area (TPSA) is 116 Å². The van der Waals surface area contributed by atoms with Crippen LogP contribution in [0, 0.1) is 36.4 Å².